The molecular weight excluding hydrogens is 759 g/mol. The van der Waals surface area contributed by atoms with Crippen molar-refractivity contribution in [1.82, 2.24) is 0 Å². The van der Waals surface area contributed by atoms with Gasteiger partial charge >= 0.3 is 0 Å². The number of hydrogen-bond acceptors (Lipinski definition) is 1. The molecule has 10 aromatic carbocycles. The predicted molar refractivity (Wildman–Crippen MR) is 261 cm³/mol. The van der Waals surface area contributed by atoms with Crippen LogP contribution in [-0.2, 0) is 10.8 Å². The minimum Gasteiger partial charge on any atom is -0.310 e. The molecule has 0 saturated carbocycles. The molecule has 2 unspecified atom stereocenters. The third-order valence-corrected chi connectivity index (χ3v) is 13.6. The molecule has 0 bridgehead atoms. The largest absolute Gasteiger partial charge is 0.310 e. The Balaban J connectivity index is 1.11. The average Bonchev–Trinajstić information content (AvgIpc) is 3.68. The summed E-state index contributed by atoms with van der Waals surface area (Å²) < 4.78 is 0. The molecule has 2 aliphatic rings. The molecule has 0 aromatic heterocycles. The third-order valence-electron chi connectivity index (χ3n) is 13.6. The Bertz CT molecular complexity index is 3250. The number of para-hydroxylation sites is 2. The van der Waals surface area contributed by atoms with Crippen molar-refractivity contribution >= 4 is 17.1 Å². The zero-order valence-corrected chi connectivity index (χ0v) is 34.8. The quantitative estimate of drug-likeness (QED) is 0.148. The van der Waals surface area contributed by atoms with E-state index in [1.807, 2.05) is 0 Å². The first-order valence-corrected chi connectivity index (χ1v) is 21.9. The van der Waals surface area contributed by atoms with E-state index >= 15 is 0 Å². The number of nitrogens with zero attached hydrogens (tertiary/aromatic N) is 1. The molecule has 0 radical (unpaired) electrons. The Morgan fingerprint density at radius 3 is 1.25 bits per heavy atom. The van der Waals surface area contributed by atoms with Crippen LogP contribution in [-0.4, -0.2) is 0 Å². The van der Waals surface area contributed by atoms with E-state index in [4.69, 9.17) is 0 Å². The van der Waals surface area contributed by atoms with Gasteiger partial charge in [-0.3, -0.25) is 0 Å². The minimum atomic E-state index is -0.701. The first-order chi connectivity index (χ1) is 31.3. The SMILES string of the molecule is c1ccc(-c2ccc(-c3ccc(N(c4ccccc4)c4ccccc4C4(c5ccccc5)c5ccccc5C5(c6ccccc6)c6ccccc6-c6cccc4c65)cc3)cc2)cc1. The van der Waals surface area contributed by atoms with E-state index in [2.05, 4.69) is 266 Å². The maximum absolute atomic E-state index is 2.46. The fourth-order valence-electron chi connectivity index (χ4n) is 11.1. The average molecular weight is 802 g/mol. The second-order valence-corrected chi connectivity index (χ2v) is 16.7. The normalized spacial score (nSPS) is 16.7. The molecule has 0 saturated heterocycles. The van der Waals surface area contributed by atoms with Crippen molar-refractivity contribution in [3.05, 3.63) is 305 Å². The summed E-state index contributed by atoms with van der Waals surface area (Å²) in [6, 6.07) is 96.5. The van der Waals surface area contributed by atoms with Crippen LogP contribution in [0.15, 0.2) is 261 Å². The van der Waals surface area contributed by atoms with Crippen molar-refractivity contribution in [2.45, 2.75) is 10.8 Å². The van der Waals surface area contributed by atoms with Gasteiger partial charge in [0, 0.05) is 11.4 Å². The summed E-state index contributed by atoms with van der Waals surface area (Å²) in [6.07, 6.45) is 0. The summed E-state index contributed by atoms with van der Waals surface area (Å²) >= 11 is 0. The van der Waals surface area contributed by atoms with Crippen molar-refractivity contribution in [3.63, 3.8) is 0 Å². The first kappa shape index (κ1) is 36.8. The van der Waals surface area contributed by atoms with Crippen molar-refractivity contribution < 1.29 is 0 Å². The zero-order chi connectivity index (χ0) is 41.8. The fourth-order valence-corrected chi connectivity index (χ4v) is 11.1. The molecule has 2 aliphatic carbocycles. The summed E-state index contributed by atoms with van der Waals surface area (Å²) in [5.41, 5.74) is 19.9. The molecule has 0 fully saturated rings. The van der Waals surface area contributed by atoms with Gasteiger partial charge in [0.15, 0.2) is 0 Å². The van der Waals surface area contributed by atoms with Gasteiger partial charge in [0.2, 0.25) is 0 Å². The maximum atomic E-state index is 2.46. The smallest absolute Gasteiger partial charge is 0.0728 e. The Morgan fingerprint density at radius 1 is 0.238 bits per heavy atom. The van der Waals surface area contributed by atoms with Gasteiger partial charge in [-0.2, -0.15) is 0 Å². The number of hydrogen-bond donors (Lipinski definition) is 0. The van der Waals surface area contributed by atoms with E-state index in [-0.39, 0.29) is 0 Å². The van der Waals surface area contributed by atoms with Crippen LogP contribution >= 0.6 is 0 Å². The predicted octanol–water partition coefficient (Wildman–Crippen LogP) is 15.5. The van der Waals surface area contributed by atoms with E-state index in [1.165, 1.54) is 77.9 Å². The molecule has 0 aliphatic heterocycles. The lowest BCUT2D eigenvalue weighted by atomic mass is 9.51. The minimum absolute atomic E-state index is 0.512. The summed E-state index contributed by atoms with van der Waals surface area (Å²) in [7, 11) is 0. The Labute approximate surface area is 369 Å². The molecule has 12 rings (SSSR count). The van der Waals surface area contributed by atoms with Gasteiger partial charge in [0.1, 0.15) is 0 Å². The van der Waals surface area contributed by atoms with Gasteiger partial charge in [-0.05, 0) is 108 Å². The van der Waals surface area contributed by atoms with E-state index in [1.54, 1.807) is 0 Å². The lowest BCUT2D eigenvalue weighted by Crippen LogP contribution is -2.44. The second kappa shape index (κ2) is 14.9. The van der Waals surface area contributed by atoms with Gasteiger partial charge < -0.3 is 4.90 Å². The second-order valence-electron chi connectivity index (χ2n) is 16.7. The topological polar surface area (TPSA) is 3.24 Å². The van der Waals surface area contributed by atoms with Crippen LogP contribution in [0.2, 0.25) is 0 Å². The van der Waals surface area contributed by atoms with Crippen LogP contribution in [0, 0.1) is 0 Å². The molecule has 0 spiro atoms. The standard InChI is InChI=1S/C62H43N/c1-5-20-44(21-6-1)45-36-38-46(39-37-45)47-40-42-51(43-41-47)63(50-26-11-4-12-27-50)59-35-18-17-33-57(59)61(48-22-7-2-8-23-48)55-31-15-16-32-56(55)62(49-24-9-3-10-25-49)54-30-14-13-28-52(54)53-29-19-34-58(61)60(53)62/h1-43H. The maximum Gasteiger partial charge on any atom is 0.0728 e. The summed E-state index contributed by atoms with van der Waals surface area (Å²) in [5.74, 6) is 0. The monoisotopic (exact) mass is 801 g/mol. The van der Waals surface area contributed by atoms with Crippen molar-refractivity contribution in [2.24, 2.45) is 0 Å². The lowest BCUT2D eigenvalue weighted by Gasteiger charge is -2.50. The van der Waals surface area contributed by atoms with E-state index in [0.29, 0.717) is 0 Å². The highest BCUT2D eigenvalue weighted by atomic mass is 15.1. The fraction of sp³-hybridized carbons (Fsp3) is 0.0323. The summed E-state index contributed by atoms with van der Waals surface area (Å²) in [4.78, 5) is 2.46. The van der Waals surface area contributed by atoms with Crippen LogP contribution in [0.25, 0.3) is 33.4 Å². The molecule has 2 atom stereocenters. The number of anilines is 3. The van der Waals surface area contributed by atoms with Crippen molar-refractivity contribution in [2.75, 3.05) is 4.90 Å². The molecule has 1 nitrogen and oxygen atoms in total. The first-order valence-electron chi connectivity index (χ1n) is 21.9. The molecule has 63 heavy (non-hydrogen) atoms. The van der Waals surface area contributed by atoms with Crippen LogP contribution in [0.5, 0.6) is 0 Å². The third kappa shape index (κ3) is 5.50. The highest BCUT2D eigenvalue weighted by Gasteiger charge is 2.58. The van der Waals surface area contributed by atoms with Crippen LogP contribution in [0.1, 0.15) is 44.5 Å². The summed E-state index contributed by atoms with van der Waals surface area (Å²) in [5, 5.41) is 0. The molecule has 1 heteroatoms. The van der Waals surface area contributed by atoms with Gasteiger partial charge in [-0.15, -0.1) is 0 Å². The van der Waals surface area contributed by atoms with Gasteiger partial charge in [-0.1, -0.05) is 231 Å². The van der Waals surface area contributed by atoms with Crippen molar-refractivity contribution in [1.29, 1.82) is 0 Å². The number of rotatable bonds is 8. The number of benzene rings is 10. The summed E-state index contributed by atoms with van der Waals surface area (Å²) in [6.45, 7) is 0. The van der Waals surface area contributed by atoms with Crippen molar-refractivity contribution in [3.8, 4) is 33.4 Å². The Kier molecular flexibility index (Phi) is 8.69. The lowest BCUT2D eigenvalue weighted by molar-refractivity contribution is 0.627. The molecule has 10 aromatic rings. The van der Waals surface area contributed by atoms with E-state index in [0.717, 1.165) is 17.1 Å². The Morgan fingerprint density at radius 2 is 0.635 bits per heavy atom. The highest BCUT2D eigenvalue weighted by molar-refractivity contribution is 5.93. The Hall–Kier alpha value is -8.00. The number of fused-ring (bicyclic) bond motifs is 5. The van der Waals surface area contributed by atoms with E-state index < -0.39 is 10.8 Å². The van der Waals surface area contributed by atoms with Crippen LogP contribution in [0.4, 0.5) is 17.1 Å². The highest BCUT2D eigenvalue weighted by Crippen LogP contribution is 2.66. The van der Waals surface area contributed by atoms with Gasteiger partial charge in [0.05, 0.1) is 16.5 Å². The van der Waals surface area contributed by atoms with Crippen LogP contribution < -0.4 is 4.90 Å². The van der Waals surface area contributed by atoms with Crippen LogP contribution in [0.3, 0.4) is 0 Å². The van der Waals surface area contributed by atoms with Gasteiger partial charge in [-0.25, -0.2) is 0 Å². The van der Waals surface area contributed by atoms with E-state index in [9.17, 15) is 0 Å². The van der Waals surface area contributed by atoms with Gasteiger partial charge in [0.25, 0.3) is 0 Å². The molecular formula is C62H43N. The molecule has 0 heterocycles. The zero-order valence-electron chi connectivity index (χ0n) is 34.8. The molecule has 296 valence electrons. The molecule has 0 amide bonds. The molecule has 0 N–H and O–H groups in total.